The molecule has 0 spiro atoms. The normalized spacial score (nSPS) is 26.9. The molecule has 20 heavy (non-hydrogen) atoms. The third kappa shape index (κ3) is 2.16. The number of hydrogen-bond acceptors (Lipinski definition) is 3. The van der Waals surface area contributed by atoms with Crippen molar-refractivity contribution in [2.75, 3.05) is 26.2 Å². The highest BCUT2D eigenvalue weighted by molar-refractivity contribution is 7.89. The number of sulfonamides is 1. The molecule has 0 saturated carbocycles. The van der Waals surface area contributed by atoms with Gasteiger partial charge >= 0.3 is 0 Å². The van der Waals surface area contributed by atoms with Gasteiger partial charge in [-0.25, -0.2) is 12.8 Å². The minimum absolute atomic E-state index is 0.210. The summed E-state index contributed by atoms with van der Waals surface area (Å²) in [5.74, 6) is 0.492. The Kier molecular flexibility index (Phi) is 3.35. The predicted octanol–water partition coefficient (Wildman–Crippen LogP) is 1.28. The fourth-order valence-corrected chi connectivity index (χ4v) is 4.94. The number of fused-ring (bicyclic) bond motifs is 1. The summed E-state index contributed by atoms with van der Waals surface area (Å²) in [4.78, 5) is 0.210. The van der Waals surface area contributed by atoms with Crippen LogP contribution in [0.15, 0.2) is 17.0 Å². The molecule has 2 aliphatic rings. The molecule has 2 heterocycles. The lowest BCUT2D eigenvalue weighted by Gasteiger charge is -2.18. The van der Waals surface area contributed by atoms with Crippen molar-refractivity contribution in [1.29, 1.82) is 0 Å². The van der Waals surface area contributed by atoms with E-state index in [4.69, 9.17) is 0 Å². The first kappa shape index (κ1) is 14.0. The summed E-state index contributed by atoms with van der Waals surface area (Å²) >= 11 is 0. The van der Waals surface area contributed by atoms with Crippen LogP contribution in [0.1, 0.15) is 11.1 Å². The molecular formula is C14H19FN2O2S. The largest absolute Gasteiger partial charge is 0.316 e. The van der Waals surface area contributed by atoms with Gasteiger partial charge in [0.1, 0.15) is 5.82 Å². The van der Waals surface area contributed by atoms with Crippen LogP contribution >= 0.6 is 0 Å². The van der Waals surface area contributed by atoms with E-state index in [9.17, 15) is 12.8 Å². The monoisotopic (exact) mass is 298 g/mol. The molecule has 2 saturated heterocycles. The number of benzene rings is 1. The number of rotatable bonds is 2. The molecule has 0 aliphatic carbocycles. The van der Waals surface area contributed by atoms with Gasteiger partial charge < -0.3 is 5.32 Å². The Balaban J connectivity index is 1.93. The zero-order valence-electron chi connectivity index (χ0n) is 11.7. The summed E-state index contributed by atoms with van der Waals surface area (Å²) in [7, 11) is -3.50. The van der Waals surface area contributed by atoms with Crippen molar-refractivity contribution in [3.8, 4) is 0 Å². The second-order valence-corrected chi connectivity index (χ2v) is 7.81. The molecule has 4 nitrogen and oxygen atoms in total. The van der Waals surface area contributed by atoms with Gasteiger partial charge in [-0.1, -0.05) is 0 Å². The van der Waals surface area contributed by atoms with Crippen molar-refractivity contribution >= 4 is 10.0 Å². The topological polar surface area (TPSA) is 49.4 Å². The van der Waals surface area contributed by atoms with Crippen LogP contribution in [0, 0.1) is 31.5 Å². The highest BCUT2D eigenvalue weighted by Crippen LogP contribution is 2.31. The fourth-order valence-electron chi connectivity index (χ4n) is 3.21. The average molecular weight is 298 g/mol. The van der Waals surface area contributed by atoms with E-state index in [-0.39, 0.29) is 10.7 Å². The van der Waals surface area contributed by atoms with Crippen LogP contribution in [0.4, 0.5) is 4.39 Å². The molecule has 0 aromatic heterocycles. The van der Waals surface area contributed by atoms with Gasteiger partial charge in [-0.15, -0.1) is 0 Å². The van der Waals surface area contributed by atoms with Crippen LogP contribution < -0.4 is 5.32 Å². The first-order valence-corrected chi connectivity index (χ1v) is 8.31. The van der Waals surface area contributed by atoms with Crippen LogP contribution in [0.5, 0.6) is 0 Å². The molecule has 1 aromatic rings. The van der Waals surface area contributed by atoms with Crippen LogP contribution in [-0.2, 0) is 10.0 Å². The zero-order chi connectivity index (χ0) is 14.5. The molecule has 2 atom stereocenters. The molecule has 0 unspecified atom stereocenters. The van der Waals surface area contributed by atoms with E-state index in [1.165, 1.54) is 12.1 Å². The van der Waals surface area contributed by atoms with Crippen molar-refractivity contribution in [2.45, 2.75) is 18.7 Å². The Morgan fingerprint density at radius 2 is 1.65 bits per heavy atom. The molecule has 3 rings (SSSR count). The Hall–Kier alpha value is -0.980. The minimum Gasteiger partial charge on any atom is -0.316 e. The maximum atomic E-state index is 13.6. The molecule has 0 amide bonds. The first-order valence-electron chi connectivity index (χ1n) is 6.87. The second-order valence-electron chi connectivity index (χ2n) is 5.87. The second kappa shape index (κ2) is 4.79. The Morgan fingerprint density at radius 3 is 2.15 bits per heavy atom. The van der Waals surface area contributed by atoms with Gasteiger partial charge in [-0.2, -0.15) is 4.31 Å². The lowest BCUT2D eigenvalue weighted by Crippen LogP contribution is -2.32. The molecule has 2 fully saturated rings. The number of nitrogens with zero attached hydrogens (tertiary/aromatic N) is 1. The Morgan fingerprint density at radius 1 is 1.15 bits per heavy atom. The van der Waals surface area contributed by atoms with E-state index in [0.717, 1.165) is 13.1 Å². The number of nitrogens with one attached hydrogen (secondary N) is 1. The van der Waals surface area contributed by atoms with Crippen LogP contribution in [0.2, 0.25) is 0 Å². The molecule has 1 aromatic carbocycles. The number of hydrogen-bond donors (Lipinski definition) is 1. The lowest BCUT2D eigenvalue weighted by atomic mass is 10.0. The lowest BCUT2D eigenvalue weighted by molar-refractivity contribution is 0.447. The van der Waals surface area contributed by atoms with Gasteiger partial charge in [0.05, 0.1) is 4.90 Å². The van der Waals surface area contributed by atoms with Gasteiger partial charge in [0.25, 0.3) is 0 Å². The molecule has 6 heteroatoms. The van der Waals surface area contributed by atoms with E-state index in [1.807, 2.05) is 0 Å². The summed E-state index contributed by atoms with van der Waals surface area (Å²) in [5, 5.41) is 3.29. The standard InChI is InChI=1S/C14H19FN2O2S/c1-9-3-13(4-10(2)14(9)15)20(18,19)17-7-11-5-16-6-12(11)8-17/h3-4,11-12,16H,5-8H2,1-2H3/t11-,12+. The van der Waals surface area contributed by atoms with Crippen LogP contribution in [0.25, 0.3) is 0 Å². The molecular weight excluding hydrogens is 279 g/mol. The number of halogens is 1. The first-order chi connectivity index (χ1) is 9.39. The Labute approximate surface area is 119 Å². The van der Waals surface area contributed by atoms with Gasteiger partial charge in [0.15, 0.2) is 0 Å². The van der Waals surface area contributed by atoms with Gasteiger partial charge in [-0.3, -0.25) is 0 Å². The third-order valence-corrected chi connectivity index (χ3v) is 6.21. The summed E-state index contributed by atoms with van der Waals surface area (Å²) in [6, 6.07) is 2.87. The fraction of sp³-hybridized carbons (Fsp3) is 0.571. The summed E-state index contributed by atoms with van der Waals surface area (Å²) < 4.78 is 40.5. The quantitative estimate of drug-likeness (QED) is 0.895. The predicted molar refractivity (Wildman–Crippen MR) is 74.5 cm³/mol. The molecule has 1 N–H and O–H groups in total. The minimum atomic E-state index is -3.50. The highest BCUT2D eigenvalue weighted by atomic mass is 32.2. The summed E-state index contributed by atoms with van der Waals surface area (Å²) in [6.07, 6.45) is 0. The van der Waals surface area contributed by atoms with Gasteiger partial charge in [-0.05, 0) is 62.0 Å². The highest BCUT2D eigenvalue weighted by Gasteiger charge is 2.41. The third-order valence-electron chi connectivity index (χ3n) is 4.40. The zero-order valence-corrected chi connectivity index (χ0v) is 12.5. The van der Waals surface area contributed by atoms with Crippen molar-refractivity contribution in [3.63, 3.8) is 0 Å². The molecule has 0 bridgehead atoms. The van der Waals surface area contributed by atoms with E-state index in [1.54, 1.807) is 18.2 Å². The van der Waals surface area contributed by atoms with Crippen molar-refractivity contribution in [1.82, 2.24) is 9.62 Å². The van der Waals surface area contributed by atoms with E-state index in [2.05, 4.69) is 5.32 Å². The molecule has 2 aliphatic heterocycles. The molecule has 110 valence electrons. The van der Waals surface area contributed by atoms with Gasteiger partial charge in [0.2, 0.25) is 10.0 Å². The maximum Gasteiger partial charge on any atom is 0.243 e. The Bertz CT molecular complexity index is 610. The van der Waals surface area contributed by atoms with E-state index >= 15 is 0 Å². The summed E-state index contributed by atoms with van der Waals surface area (Å²) in [5.41, 5.74) is 0.759. The summed E-state index contributed by atoms with van der Waals surface area (Å²) in [6.45, 7) is 6.11. The van der Waals surface area contributed by atoms with Crippen molar-refractivity contribution in [2.24, 2.45) is 11.8 Å². The van der Waals surface area contributed by atoms with E-state index in [0.29, 0.717) is 36.1 Å². The molecule has 0 radical (unpaired) electrons. The maximum absolute atomic E-state index is 13.6. The SMILES string of the molecule is Cc1cc(S(=O)(=O)N2C[C@H]3CNC[C@H]3C2)cc(C)c1F. The number of aryl methyl sites for hydroxylation is 2. The van der Waals surface area contributed by atoms with Crippen molar-refractivity contribution in [3.05, 3.63) is 29.1 Å². The van der Waals surface area contributed by atoms with Crippen LogP contribution in [-0.4, -0.2) is 38.9 Å². The van der Waals surface area contributed by atoms with E-state index < -0.39 is 10.0 Å². The van der Waals surface area contributed by atoms with Gasteiger partial charge in [0, 0.05) is 13.1 Å². The van der Waals surface area contributed by atoms with Crippen LogP contribution in [0.3, 0.4) is 0 Å². The average Bonchev–Trinajstić information content (AvgIpc) is 2.95. The van der Waals surface area contributed by atoms with Crippen molar-refractivity contribution < 1.29 is 12.8 Å². The smallest absolute Gasteiger partial charge is 0.243 e.